The lowest BCUT2D eigenvalue weighted by molar-refractivity contribution is 0.0726. The summed E-state index contributed by atoms with van der Waals surface area (Å²) in [5.74, 6) is -0.445. The van der Waals surface area contributed by atoms with Gasteiger partial charge in [0, 0.05) is 24.5 Å². The number of halogens is 3. The van der Waals surface area contributed by atoms with E-state index in [1.54, 1.807) is 13.8 Å². The Hall–Kier alpha value is -3.17. The zero-order valence-electron chi connectivity index (χ0n) is 19.2. The number of ether oxygens (including phenoxy) is 1. The van der Waals surface area contributed by atoms with E-state index >= 15 is 0 Å². The van der Waals surface area contributed by atoms with Gasteiger partial charge >= 0.3 is 0 Å². The van der Waals surface area contributed by atoms with Gasteiger partial charge in [-0.05, 0) is 49.6 Å². The molecule has 0 saturated carbocycles. The monoisotopic (exact) mass is 476 g/mol. The highest BCUT2D eigenvalue weighted by atomic mass is 19.3. The zero-order chi connectivity index (χ0) is 25.1. The maximum Gasteiger partial charge on any atom is 0.277 e. The first-order valence-corrected chi connectivity index (χ1v) is 10.9. The molecule has 9 heteroatoms. The molecular formula is C25H31F3N4O2. The van der Waals surface area contributed by atoms with Gasteiger partial charge in [0.05, 0.1) is 30.2 Å². The first-order valence-electron chi connectivity index (χ1n) is 10.9. The van der Waals surface area contributed by atoms with Gasteiger partial charge < -0.3 is 21.3 Å². The second-order valence-electron chi connectivity index (χ2n) is 7.62. The number of alkyl halides is 2. The van der Waals surface area contributed by atoms with Crippen LogP contribution in [-0.2, 0) is 11.3 Å². The van der Waals surface area contributed by atoms with Crippen LogP contribution in [0.4, 0.5) is 13.2 Å². The number of aliphatic hydroxyl groups excluding tert-OH is 1. The molecule has 184 valence electrons. The van der Waals surface area contributed by atoms with Crippen molar-refractivity contribution >= 4 is 11.9 Å². The van der Waals surface area contributed by atoms with Gasteiger partial charge in [-0.15, -0.1) is 0 Å². The Morgan fingerprint density at radius 3 is 2.62 bits per heavy atom. The number of rotatable bonds is 11. The summed E-state index contributed by atoms with van der Waals surface area (Å²) in [6.45, 7) is 4.27. The summed E-state index contributed by atoms with van der Waals surface area (Å²) in [7, 11) is 0. The fourth-order valence-electron chi connectivity index (χ4n) is 3.25. The Labute approximate surface area is 197 Å². The standard InChI is InChI=1S/C25H31F3N4O2/c1-3-31-14-18(13-29)24(33)23(12-21(30)25(27)28)32-22-10-9-19(26)11-20(22)16(2)34-15-17-7-5-4-6-8-17/h4-9,11-14,16,22,24-25,33H,3,10,15,29-30H2,1-2H3/t16-,22?,24?/m1/s1. The van der Waals surface area contributed by atoms with Crippen LogP contribution in [0.25, 0.3) is 0 Å². The maximum absolute atomic E-state index is 14.1. The Balaban J connectivity index is 2.38. The van der Waals surface area contributed by atoms with E-state index in [9.17, 15) is 18.3 Å². The van der Waals surface area contributed by atoms with Crippen LogP contribution in [0.1, 0.15) is 25.8 Å². The van der Waals surface area contributed by atoms with Crippen LogP contribution in [0.5, 0.6) is 0 Å². The van der Waals surface area contributed by atoms with E-state index < -0.39 is 36.2 Å². The lowest BCUT2D eigenvalue weighted by atomic mass is 9.94. The molecule has 0 heterocycles. The smallest absolute Gasteiger partial charge is 0.277 e. The molecule has 2 rings (SSSR count). The van der Waals surface area contributed by atoms with Crippen molar-refractivity contribution in [3.05, 3.63) is 83.0 Å². The largest absolute Gasteiger partial charge is 0.404 e. The number of nitrogens with two attached hydrogens (primary N) is 2. The van der Waals surface area contributed by atoms with Gasteiger partial charge in [-0.3, -0.25) is 9.98 Å². The zero-order valence-corrected chi connectivity index (χ0v) is 19.2. The van der Waals surface area contributed by atoms with Gasteiger partial charge in [-0.1, -0.05) is 30.3 Å². The van der Waals surface area contributed by atoms with E-state index in [0.29, 0.717) is 18.7 Å². The van der Waals surface area contributed by atoms with Gasteiger partial charge in [0.15, 0.2) is 0 Å². The van der Waals surface area contributed by atoms with Crippen molar-refractivity contribution in [2.75, 3.05) is 6.54 Å². The molecule has 3 atom stereocenters. The summed E-state index contributed by atoms with van der Waals surface area (Å²) in [5, 5.41) is 10.8. The minimum absolute atomic E-state index is 0.140. The van der Waals surface area contributed by atoms with E-state index in [1.165, 1.54) is 18.4 Å². The summed E-state index contributed by atoms with van der Waals surface area (Å²) >= 11 is 0. The Bertz CT molecular complexity index is 985. The molecule has 0 aliphatic heterocycles. The molecule has 6 nitrogen and oxygen atoms in total. The van der Waals surface area contributed by atoms with Crippen LogP contribution in [-0.4, -0.2) is 48.3 Å². The molecular weight excluding hydrogens is 445 g/mol. The SMILES string of the molecule is CCN=CC(=CN)C(O)C(C=C(N)C(F)F)=NC1CC=C(F)C=C1[C@@H](C)OCc1ccccc1. The summed E-state index contributed by atoms with van der Waals surface area (Å²) in [5.41, 5.74) is 11.8. The van der Waals surface area contributed by atoms with Crippen LogP contribution in [0.15, 0.2) is 87.4 Å². The minimum Gasteiger partial charge on any atom is -0.404 e. The van der Waals surface area contributed by atoms with Crippen molar-refractivity contribution in [2.45, 2.75) is 51.6 Å². The molecule has 5 N–H and O–H groups in total. The highest BCUT2D eigenvalue weighted by Gasteiger charge is 2.26. The Morgan fingerprint density at radius 1 is 1.29 bits per heavy atom. The summed E-state index contributed by atoms with van der Waals surface area (Å²) < 4.78 is 46.3. The maximum atomic E-state index is 14.1. The lowest BCUT2D eigenvalue weighted by Gasteiger charge is -2.26. The molecule has 0 saturated heterocycles. The van der Waals surface area contributed by atoms with Crippen LogP contribution in [0.3, 0.4) is 0 Å². The summed E-state index contributed by atoms with van der Waals surface area (Å²) in [4.78, 5) is 8.52. The quantitative estimate of drug-likeness (QED) is 0.420. The molecule has 1 aliphatic carbocycles. The van der Waals surface area contributed by atoms with Crippen LogP contribution in [0.2, 0.25) is 0 Å². The highest BCUT2D eigenvalue weighted by Crippen LogP contribution is 2.27. The van der Waals surface area contributed by atoms with Gasteiger partial charge in [0.25, 0.3) is 6.43 Å². The molecule has 1 aromatic carbocycles. The van der Waals surface area contributed by atoms with Crippen molar-refractivity contribution < 1.29 is 23.0 Å². The highest BCUT2D eigenvalue weighted by molar-refractivity contribution is 6.05. The second kappa shape index (κ2) is 13.5. The third-order valence-electron chi connectivity index (χ3n) is 5.12. The molecule has 2 unspecified atom stereocenters. The topological polar surface area (TPSA) is 106 Å². The van der Waals surface area contributed by atoms with E-state index in [1.807, 2.05) is 30.3 Å². The lowest BCUT2D eigenvalue weighted by Crippen LogP contribution is -2.29. The molecule has 0 fully saturated rings. The number of hydrogen-bond donors (Lipinski definition) is 3. The first-order chi connectivity index (χ1) is 16.3. The van der Waals surface area contributed by atoms with E-state index in [-0.39, 0.29) is 17.7 Å². The summed E-state index contributed by atoms with van der Waals surface area (Å²) in [6, 6.07) is 8.81. The number of benzene rings is 1. The molecule has 1 aromatic rings. The molecule has 34 heavy (non-hydrogen) atoms. The van der Waals surface area contributed by atoms with Crippen LogP contribution in [0, 0.1) is 0 Å². The Morgan fingerprint density at radius 2 is 2.00 bits per heavy atom. The average molecular weight is 477 g/mol. The normalized spacial score (nSPS) is 19.9. The van der Waals surface area contributed by atoms with Crippen LogP contribution >= 0.6 is 0 Å². The van der Waals surface area contributed by atoms with Crippen molar-refractivity contribution in [1.29, 1.82) is 0 Å². The predicted octanol–water partition coefficient (Wildman–Crippen LogP) is 3.99. The molecule has 0 spiro atoms. The van der Waals surface area contributed by atoms with Crippen molar-refractivity contribution in [1.82, 2.24) is 0 Å². The number of aliphatic imine (C=N–C) groups is 2. The van der Waals surface area contributed by atoms with Crippen molar-refractivity contribution in [3.8, 4) is 0 Å². The van der Waals surface area contributed by atoms with E-state index in [4.69, 9.17) is 16.2 Å². The average Bonchev–Trinajstić information content (AvgIpc) is 2.83. The number of aliphatic hydroxyl groups is 1. The fraction of sp³-hybridized carbons (Fsp3) is 0.360. The van der Waals surface area contributed by atoms with Crippen LogP contribution < -0.4 is 11.5 Å². The van der Waals surface area contributed by atoms with Gasteiger partial charge in [-0.2, -0.15) is 0 Å². The van der Waals surface area contributed by atoms with Gasteiger partial charge in [-0.25, -0.2) is 13.2 Å². The van der Waals surface area contributed by atoms with Crippen molar-refractivity contribution in [2.24, 2.45) is 21.5 Å². The number of nitrogens with zero attached hydrogens (tertiary/aromatic N) is 2. The summed E-state index contributed by atoms with van der Waals surface area (Å²) in [6.07, 6.45) is 1.24. The molecule has 0 aromatic heterocycles. The molecule has 0 amide bonds. The molecule has 0 radical (unpaired) electrons. The van der Waals surface area contributed by atoms with Crippen molar-refractivity contribution in [3.63, 3.8) is 0 Å². The Kier molecular flexibility index (Phi) is 10.8. The van der Waals surface area contributed by atoms with Gasteiger partial charge in [0.2, 0.25) is 0 Å². The second-order valence-corrected chi connectivity index (χ2v) is 7.62. The van der Waals surface area contributed by atoms with Gasteiger partial charge in [0.1, 0.15) is 11.9 Å². The number of allylic oxidation sites excluding steroid dienone is 3. The first kappa shape index (κ1) is 27.1. The minimum atomic E-state index is -2.95. The number of hydrogen-bond acceptors (Lipinski definition) is 6. The van der Waals surface area contributed by atoms with E-state index in [0.717, 1.165) is 17.8 Å². The third kappa shape index (κ3) is 8.00. The predicted molar refractivity (Wildman–Crippen MR) is 129 cm³/mol. The fourth-order valence-corrected chi connectivity index (χ4v) is 3.25. The molecule has 1 aliphatic rings. The third-order valence-corrected chi connectivity index (χ3v) is 5.12. The molecule has 0 bridgehead atoms. The van der Waals surface area contributed by atoms with E-state index in [2.05, 4.69) is 9.98 Å².